The molecule has 520 valence electrons. The number of aryl methyl sites for hydroxylation is 1. The van der Waals surface area contributed by atoms with Crippen LogP contribution in [0.5, 0.6) is 0 Å². The monoisotopic (exact) mass is 1350 g/mol. The predicted octanol–water partition coefficient (Wildman–Crippen LogP) is 6.41. The fourth-order valence-electron chi connectivity index (χ4n) is 10.6. The number of nitrogen functional groups attached to an aromatic ring is 1. The topological polar surface area (TPSA) is 305 Å². The summed E-state index contributed by atoms with van der Waals surface area (Å²) in [7, 11) is 1.97. The van der Waals surface area contributed by atoms with Crippen molar-refractivity contribution in [3.05, 3.63) is 111 Å². The molecular formula is C66H90F4N12O12S. The lowest BCUT2D eigenvalue weighted by molar-refractivity contribution is -0.144. The minimum atomic E-state index is -4.93. The number of anilines is 3. The number of aromatic amines is 1. The number of likely N-dealkylation sites (N-methyl/N-ethyl adjacent to an activating group) is 1. The number of ether oxygens (including phenoxy) is 4. The van der Waals surface area contributed by atoms with Crippen LogP contribution in [0, 0.1) is 18.2 Å². The summed E-state index contributed by atoms with van der Waals surface area (Å²) in [6.07, 6.45) is -3.24. The zero-order chi connectivity index (χ0) is 69.6. The number of halogens is 4. The Kier molecular flexibility index (Phi) is 29.0. The number of nitrogens with two attached hydrogens (primary N) is 1. The number of β-amino-alcohol motifs (C(OH)–C–C–N with tert-alkyl or cyclic N) is 1. The Morgan fingerprint density at radius 2 is 1.43 bits per heavy atom. The lowest BCUT2D eigenvalue weighted by Gasteiger charge is -2.44. The maximum atomic E-state index is 15.4. The number of benzene rings is 2. The van der Waals surface area contributed by atoms with E-state index in [0.717, 1.165) is 21.7 Å². The Morgan fingerprint density at radius 3 is 2.01 bits per heavy atom. The number of pyridine rings is 2. The highest BCUT2D eigenvalue weighted by atomic mass is 32.1. The zero-order valence-corrected chi connectivity index (χ0v) is 56.2. The van der Waals surface area contributed by atoms with Gasteiger partial charge in [0.1, 0.15) is 23.7 Å². The maximum Gasteiger partial charge on any atom is 0.417 e. The van der Waals surface area contributed by atoms with Crippen LogP contribution in [0.1, 0.15) is 101 Å². The number of amides is 6. The van der Waals surface area contributed by atoms with E-state index in [1.54, 1.807) is 22.3 Å². The van der Waals surface area contributed by atoms with Gasteiger partial charge < -0.3 is 70.7 Å². The molecule has 0 bridgehead atoms. The number of nitrogens with zero attached hydrogens (tertiary/aromatic N) is 6. The number of rotatable bonds is 30. The lowest BCUT2D eigenvalue weighted by Crippen LogP contribution is -2.57. The Labute approximate surface area is 555 Å². The fraction of sp³-hybridized carbons (Fsp3) is 0.530. The van der Waals surface area contributed by atoms with Crippen molar-refractivity contribution in [2.24, 2.45) is 5.41 Å². The van der Waals surface area contributed by atoms with Gasteiger partial charge in [0, 0.05) is 113 Å². The molecule has 2 fully saturated rings. The van der Waals surface area contributed by atoms with Gasteiger partial charge in [-0.15, -0.1) is 11.3 Å². The van der Waals surface area contributed by atoms with Gasteiger partial charge in [-0.25, -0.2) is 14.4 Å². The van der Waals surface area contributed by atoms with Crippen molar-refractivity contribution in [3.8, 4) is 21.6 Å². The average molecular weight is 1350 g/mol. The highest BCUT2D eigenvalue weighted by Gasteiger charge is 2.45. The number of alkyl halides is 3. The van der Waals surface area contributed by atoms with Gasteiger partial charge in [0.15, 0.2) is 0 Å². The first kappa shape index (κ1) is 76.1. The molecule has 5 heterocycles. The molecule has 2 aliphatic rings. The molecule has 0 spiro atoms. The van der Waals surface area contributed by atoms with Gasteiger partial charge in [-0.05, 0) is 82.5 Å². The SMILES string of the molecule is CCN(CC)C(=O)CCC(=O)NCCOCCOCCOCCOCCC(=O)N[C@H](C(=O)N1C[C@H](O)C[C@H]1C(=O)NCc1ccc(-c2scnc2C)cc1)C(C)(C)C.C[C@@H]1CN(c2cc(F)c(-c3ccc(N)nc3)cc2NC(=O)c2c[nH]c(=O)cc2C(F)(F)F)C[C@H](C)N1C. The highest BCUT2D eigenvalue weighted by Crippen LogP contribution is 2.38. The van der Waals surface area contributed by atoms with Crippen LogP contribution < -0.4 is 37.5 Å². The normalized spacial score (nSPS) is 16.9. The number of likely N-dealkylation sites (tertiary alicyclic amines) is 1. The molecule has 2 aliphatic heterocycles. The van der Waals surface area contributed by atoms with Crippen molar-refractivity contribution in [1.82, 2.24) is 45.6 Å². The molecule has 7 rings (SSSR count). The summed E-state index contributed by atoms with van der Waals surface area (Å²) >= 11 is 1.57. The molecular weight excluding hydrogens is 1260 g/mol. The quantitative estimate of drug-likeness (QED) is 0.0193. The third-order valence-corrected chi connectivity index (χ3v) is 17.1. The van der Waals surface area contributed by atoms with Crippen molar-refractivity contribution >= 4 is 64.0 Å². The van der Waals surface area contributed by atoms with Gasteiger partial charge >= 0.3 is 6.18 Å². The number of hydrogen-bond acceptors (Lipinski definition) is 18. The van der Waals surface area contributed by atoms with Gasteiger partial charge in [0.2, 0.25) is 35.1 Å². The summed E-state index contributed by atoms with van der Waals surface area (Å²) in [6.45, 7) is 20.7. The number of aromatic nitrogens is 3. The zero-order valence-electron chi connectivity index (χ0n) is 55.4. The van der Waals surface area contributed by atoms with E-state index in [1.165, 1.54) is 29.3 Å². The molecule has 95 heavy (non-hydrogen) atoms. The van der Waals surface area contributed by atoms with Crippen LogP contribution in [0.3, 0.4) is 0 Å². The number of aliphatic hydroxyl groups is 1. The van der Waals surface area contributed by atoms with Crippen LogP contribution in [0.4, 0.5) is 34.8 Å². The van der Waals surface area contributed by atoms with Gasteiger partial charge in [0.05, 0.1) is 97.5 Å². The van der Waals surface area contributed by atoms with Gasteiger partial charge in [-0.2, -0.15) is 13.2 Å². The Balaban J connectivity index is 0.000000330. The van der Waals surface area contributed by atoms with Crippen molar-refractivity contribution in [3.63, 3.8) is 0 Å². The third kappa shape index (κ3) is 22.9. The number of carbonyl (C=O) groups excluding carboxylic acids is 6. The van der Waals surface area contributed by atoms with E-state index in [4.69, 9.17) is 24.7 Å². The van der Waals surface area contributed by atoms with E-state index in [2.05, 4.69) is 41.1 Å². The summed E-state index contributed by atoms with van der Waals surface area (Å²) < 4.78 is 78.1. The first-order valence-corrected chi connectivity index (χ1v) is 32.5. The van der Waals surface area contributed by atoms with E-state index >= 15 is 4.39 Å². The van der Waals surface area contributed by atoms with Crippen LogP contribution in [0.15, 0.2) is 77.3 Å². The molecule has 5 atom stereocenters. The minimum absolute atomic E-state index is 0.00537. The van der Waals surface area contributed by atoms with E-state index < -0.39 is 64.1 Å². The summed E-state index contributed by atoms with van der Waals surface area (Å²) in [5.74, 6) is -2.84. The van der Waals surface area contributed by atoms with Crippen molar-refractivity contribution < 1.29 is 70.4 Å². The van der Waals surface area contributed by atoms with Gasteiger partial charge in [-0.1, -0.05) is 45.0 Å². The number of thiazole rings is 1. The second-order valence-corrected chi connectivity index (χ2v) is 25.1. The predicted molar refractivity (Wildman–Crippen MR) is 353 cm³/mol. The molecule has 2 aromatic carbocycles. The van der Waals surface area contributed by atoms with E-state index in [-0.39, 0.29) is 105 Å². The molecule has 0 unspecified atom stereocenters. The summed E-state index contributed by atoms with van der Waals surface area (Å²) in [4.78, 5) is 107. The Morgan fingerprint density at radius 1 is 0.811 bits per heavy atom. The van der Waals surface area contributed by atoms with Crippen molar-refractivity contribution in [1.29, 1.82) is 0 Å². The third-order valence-electron chi connectivity index (χ3n) is 16.2. The summed E-state index contributed by atoms with van der Waals surface area (Å²) in [6, 6.07) is 12.2. The molecule has 24 nitrogen and oxygen atoms in total. The number of aliphatic hydroxyl groups excluding tert-OH is 1. The standard InChI is InChI=1S/C41H64N6O10S.C25H26F4N6O2/c1-7-46(8-2)36(51)14-13-34(49)42-16-18-55-20-22-57-24-23-56-21-19-54-17-15-35(50)45-38(41(4,5)6)40(53)47-27-32(48)25-33(47)39(52)43-26-30-9-11-31(12-10-30)37-29(3)44-28-58-37;1-13-11-35(12-14(2)34(13)3)21-8-19(26)16(15-4-5-22(30)31-9-15)6-20(21)33-24(37)17-10-32-23(36)7-18(17)25(27,28)29/h9-12,28,32-33,38,48H,7-8,13-27H2,1-6H3,(H,42,49)(H,43,52)(H,45,50);4-10,13-14H,11-12H2,1-3H3,(H2,30,31)(H,32,36)(H,33,37)/t32-,33+,38-;13-,14+/m1./s1. The second kappa shape index (κ2) is 36.3. The molecule has 29 heteroatoms. The van der Waals surface area contributed by atoms with Crippen molar-refractivity contribution in [2.75, 3.05) is 115 Å². The first-order valence-electron chi connectivity index (χ1n) is 31.6. The van der Waals surface area contributed by atoms with Crippen LogP contribution in [-0.2, 0) is 55.6 Å². The van der Waals surface area contributed by atoms with Gasteiger partial charge in [-0.3, -0.25) is 38.5 Å². The Bertz CT molecular complexity index is 3390. The molecule has 5 aromatic rings. The number of hydrogen-bond donors (Lipinski definition) is 7. The van der Waals surface area contributed by atoms with Gasteiger partial charge in [0.25, 0.3) is 5.91 Å². The lowest BCUT2D eigenvalue weighted by atomic mass is 9.85. The largest absolute Gasteiger partial charge is 0.417 e. The summed E-state index contributed by atoms with van der Waals surface area (Å²) in [5.41, 5.74) is 7.43. The van der Waals surface area contributed by atoms with Crippen LogP contribution >= 0.6 is 11.3 Å². The Hall–Kier alpha value is -7.93. The maximum absolute atomic E-state index is 15.4. The molecule has 2 saturated heterocycles. The minimum Gasteiger partial charge on any atom is -0.391 e. The van der Waals surface area contributed by atoms with Crippen LogP contribution in [0.25, 0.3) is 21.6 Å². The molecule has 3 aromatic heterocycles. The highest BCUT2D eigenvalue weighted by molar-refractivity contribution is 7.13. The van der Waals surface area contributed by atoms with Crippen LogP contribution in [-0.4, -0.2) is 200 Å². The van der Waals surface area contributed by atoms with E-state index in [9.17, 15) is 51.8 Å². The molecule has 0 aliphatic carbocycles. The van der Waals surface area contributed by atoms with E-state index in [0.29, 0.717) is 95.9 Å². The number of H-pyrrole nitrogens is 1. The second-order valence-electron chi connectivity index (χ2n) is 24.2. The molecule has 8 N–H and O–H groups in total. The number of piperazine rings is 1. The summed E-state index contributed by atoms with van der Waals surface area (Å²) in [5, 5.41) is 21.5. The van der Waals surface area contributed by atoms with Crippen LogP contribution in [0.2, 0.25) is 0 Å². The molecule has 0 saturated carbocycles. The first-order chi connectivity index (χ1) is 45.1. The molecule has 6 amide bonds. The van der Waals surface area contributed by atoms with E-state index in [1.807, 2.05) is 97.1 Å². The average Bonchev–Trinajstić information content (AvgIpc) is 1.01. The smallest absolute Gasteiger partial charge is 0.391 e. The number of carbonyl (C=O) groups is 6. The molecule has 0 radical (unpaired) electrons. The fourth-order valence-corrected chi connectivity index (χ4v) is 11.5. The van der Waals surface area contributed by atoms with Crippen molar-refractivity contribution in [2.45, 2.75) is 124 Å². The number of nitrogens with one attached hydrogen (secondary N) is 5.